The summed E-state index contributed by atoms with van der Waals surface area (Å²) in [5, 5.41) is 9.65. The number of anilines is 1. The van der Waals surface area contributed by atoms with Gasteiger partial charge in [-0.05, 0) is 65.4 Å². The van der Waals surface area contributed by atoms with Crippen molar-refractivity contribution in [2.45, 2.75) is 20.0 Å². The van der Waals surface area contributed by atoms with Gasteiger partial charge in [0.25, 0.3) is 5.91 Å². The molecule has 7 nitrogen and oxygen atoms in total. The van der Waals surface area contributed by atoms with Gasteiger partial charge in [0.15, 0.2) is 0 Å². The van der Waals surface area contributed by atoms with Gasteiger partial charge < -0.3 is 15.5 Å². The number of hydrogen-bond acceptors (Lipinski definition) is 5. The Kier molecular flexibility index (Phi) is 8.28. The second-order valence-corrected chi connectivity index (χ2v) is 8.99. The van der Waals surface area contributed by atoms with E-state index < -0.39 is 0 Å². The molecule has 1 aliphatic heterocycles. The minimum atomic E-state index is -0.0995. The van der Waals surface area contributed by atoms with Gasteiger partial charge in [-0.2, -0.15) is 0 Å². The van der Waals surface area contributed by atoms with Gasteiger partial charge in [0.05, 0.1) is 13.1 Å². The normalized spacial score (nSPS) is 13.0. The molecule has 0 saturated carbocycles. The first-order valence-corrected chi connectivity index (χ1v) is 11.5. The molecule has 166 valence electrons. The number of halogens is 1. The average molecular weight is 535 g/mol. The van der Waals surface area contributed by atoms with Gasteiger partial charge >= 0.3 is 0 Å². The SMILES string of the molecule is CNCCNC(=O)CN(CC(=O)N(C)N1Cc2ccccc2C1)c1cc(I)ccc1C. The van der Waals surface area contributed by atoms with Crippen molar-refractivity contribution in [3.05, 3.63) is 62.7 Å². The number of amides is 2. The summed E-state index contributed by atoms with van der Waals surface area (Å²) in [6, 6.07) is 14.3. The van der Waals surface area contributed by atoms with E-state index in [-0.39, 0.29) is 24.9 Å². The molecular weight excluding hydrogens is 505 g/mol. The first-order valence-electron chi connectivity index (χ1n) is 10.4. The summed E-state index contributed by atoms with van der Waals surface area (Å²) in [6.07, 6.45) is 0. The van der Waals surface area contributed by atoms with Gasteiger partial charge in [0.2, 0.25) is 5.91 Å². The number of likely N-dealkylation sites (N-methyl/N-ethyl adjacent to an activating group) is 2. The fourth-order valence-electron chi connectivity index (χ4n) is 3.66. The van der Waals surface area contributed by atoms with Crippen LogP contribution in [0.3, 0.4) is 0 Å². The molecule has 0 fully saturated rings. The average Bonchev–Trinajstić information content (AvgIpc) is 3.19. The molecule has 0 atom stereocenters. The van der Waals surface area contributed by atoms with Crippen LogP contribution in [0.5, 0.6) is 0 Å². The van der Waals surface area contributed by atoms with Crippen molar-refractivity contribution in [2.24, 2.45) is 0 Å². The topological polar surface area (TPSA) is 67.9 Å². The lowest BCUT2D eigenvalue weighted by Gasteiger charge is -2.32. The van der Waals surface area contributed by atoms with Crippen LogP contribution < -0.4 is 15.5 Å². The molecule has 8 heteroatoms. The molecule has 0 aromatic heterocycles. The molecular formula is C23H30IN5O2. The van der Waals surface area contributed by atoms with E-state index in [4.69, 9.17) is 0 Å². The fraction of sp³-hybridized carbons (Fsp3) is 0.391. The largest absolute Gasteiger partial charge is 0.353 e. The third-order valence-corrected chi connectivity index (χ3v) is 6.15. The van der Waals surface area contributed by atoms with Gasteiger partial charge in [0, 0.05) is 42.5 Å². The van der Waals surface area contributed by atoms with Gasteiger partial charge in [-0.1, -0.05) is 30.3 Å². The summed E-state index contributed by atoms with van der Waals surface area (Å²) < 4.78 is 1.06. The number of carbonyl (C=O) groups is 2. The monoisotopic (exact) mass is 535 g/mol. The van der Waals surface area contributed by atoms with Crippen molar-refractivity contribution in [2.75, 3.05) is 45.2 Å². The Bertz CT molecular complexity index is 911. The maximum atomic E-state index is 13.2. The van der Waals surface area contributed by atoms with Crippen LogP contribution >= 0.6 is 22.6 Å². The van der Waals surface area contributed by atoms with Crippen LogP contribution in [0.4, 0.5) is 5.69 Å². The first kappa shape index (κ1) is 23.5. The van der Waals surface area contributed by atoms with Crippen LogP contribution in [0, 0.1) is 10.5 Å². The number of aryl methyl sites for hydroxylation is 1. The molecule has 0 bridgehead atoms. The van der Waals surface area contributed by atoms with Crippen LogP contribution in [0.15, 0.2) is 42.5 Å². The highest BCUT2D eigenvalue weighted by molar-refractivity contribution is 14.1. The third kappa shape index (κ3) is 6.18. The van der Waals surface area contributed by atoms with Crippen molar-refractivity contribution >= 4 is 40.1 Å². The molecule has 0 unspecified atom stereocenters. The first-order chi connectivity index (χ1) is 14.9. The third-order valence-electron chi connectivity index (χ3n) is 5.48. The number of hydrazine groups is 1. The Balaban J connectivity index is 1.72. The molecule has 1 aliphatic rings. The van der Waals surface area contributed by atoms with Crippen molar-refractivity contribution < 1.29 is 9.59 Å². The standard InChI is InChI=1S/C23H30IN5O2/c1-17-8-9-20(24)12-21(17)28(15-22(30)26-11-10-25-2)16-23(31)27(3)29-13-18-6-4-5-7-19(18)14-29/h4-9,12,25H,10-11,13-16H2,1-3H3,(H,26,30). The molecule has 3 rings (SSSR count). The maximum absolute atomic E-state index is 13.2. The van der Waals surface area contributed by atoms with E-state index >= 15 is 0 Å². The molecule has 0 saturated heterocycles. The van der Waals surface area contributed by atoms with Crippen LogP contribution in [-0.2, 0) is 22.7 Å². The Morgan fingerprint density at radius 2 is 1.74 bits per heavy atom. The van der Waals surface area contributed by atoms with Crippen molar-refractivity contribution in [1.82, 2.24) is 20.7 Å². The summed E-state index contributed by atoms with van der Waals surface area (Å²) >= 11 is 2.26. The van der Waals surface area contributed by atoms with E-state index in [1.807, 2.05) is 54.2 Å². The van der Waals surface area contributed by atoms with E-state index in [1.165, 1.54) is 11.1 Å². The maximum Gasteiger partial charge on any atom is 0.256 e. The summed E-state index contributed by atoms with van der Waals surface area (Å²) in [4.78, 5) is 27.6. The van der Waals surface area contributed by atoms with Gasteiger partial charge in [-0.25, -0.2) is 5.01 Å². The Hall–Kier alpha value is -2.17. The highest BCUT2D eigenvalue weighted by Gasteiger charge is 2.27. The van der Waals surface area contributed by atoms with E-state index in [2.05, 4.69) is 45.4 Å². The fourth-order valence-corrected chi connectivity index (χ4v) is 4.13. The van der Waals surface area contributed by atoms with Crippen molar-refractivity contribution in [3.8, 4) is 0 Å². The second-order valence-electron chi connectivity index (χ2n) is 7.75. The lowest BCUT2D eigenvalue weighted by atomic mass is 10.1. The number of carbonyl (C=O) groups excluding carboxylic acids is 2. The van der Waals surface area contributed by atoms with Crippen LogP contribution in [-0.4, -0.2) is 62.1 Å². The predicted octanol–water partition coefficient (Wildman–Crippen LogP) is 2.13. The number of nitrogens with zero attached hydrogens (tertiary/aromatic N) is 3. The number of benzene rings is 2. The lowest BCUT2D eigenvalue weighted by molar-refractivity contribution is -0.145. The molecule has 31 heavy (non-hydrogen) atoms. The molecule has 2 amide bonds. The highest BCUT2D eigenvalue weighted by Crippen LogP contribution is 2.25. The number of rotatable bonds is 9. The number of nitrogens with one attached hydrogen (secondary N) is 2. The summed E-state index contributed by atoms with van der Waals surface area (Å²) in [6.45, 7) is 4.94. The van der Waals surface area contributed by atoms with E-state index in [1.54, 1.807) is 12.1 Å². The van der Waals surface area contributed by atoms with Gasteiger partial charge in [-0.3, -0.25) is 14.6 Å². The van der Waals surface area contributed by atoms with Crippen LogP contribution in [0.2, 0.25) is 0 Å². The molecule has 2 N–H and O–H groups in total. The smallest absolute Gasteiger partial charge is 0.256 e. The molecule has 2 aromatic rings. The van der Waals surface area contributed by atoms with Crippen molar-refractivity contribution in [1.29, 1.82) is 0 Å². The summed E-state index contributed by atoms with van der Waals surface area (Å²) in [7, 11) is 3.65. The summed E-state index contributed by atoms with van der Waals surface area (Å²) in [5.41, 5.74) is 4.43. The van der Waals surface area contributed by atoms with E-state index in [9.17, 15) is 9.59 Å². The molecule has 0 spiro atoms. The summed E-state index contributed by atoms with van der Waals surface area (Å²) in [5.74, 6) is -0.147. The Labute approximate surface area is 197 Å². The Morgan fingerprint density at radius 1 is 1.06 bits per heavy atom. The van der Waals surface area contributed by atoms with Crippen LogP contribution in [0.25, 0.3) is 0 Å². The highest BCUT2D eigenvalue weighted by atomic mass is 127. The quantitative estimate of drug-likeness (QED) is 0.381. The number of fused-ring (bicyclic) bond motifs is 1. The molecule has 2 aromatic carbocycles. The molecule has 0 radical (unpaired) electrons. The van der Waals surface area contributed by atoms with Gasteiger partial charge in [-0.15, -0.1) is 0 Å². The van der Waals surface area contributed by atoms with Crippen LogP contribution in [0.1, 0.15) is 16.7 Å². The van der Waals surface area contributed by atoms with E-state index in [0.29, 0.717) is 26.2 Å². The minimum absolute atomic E-state index is 0.0471. The van der Waals surface area contributed by atoms with E-state index in [0.717, 1.165) is 14.8 Å². The Morgan fingerprint density at radius 3 is 2.39 bits per heavy atom. The molecule has 1 heterocycles. The zero-order valence-electron chi connectivity index (χ0n) is 18.3. The minimum Gasteiger partial charge on any atom is -0.353 e. The van der Waals surface area contributed by atoms with Crippen molar-refractivity contribution in [3.63, 3.8) is 0 Å². The zero-order valence-corrected chi connectivity index (χ0v) is 20.5. The van der Waals surface area contributed by atoms with Gasteiger partial charge in [0.1, 0.15) is 0 Å². The molecule has 0 aliphatic carbocycles. The second kappa shape index (κ2) is 10.9. The number of hydrogen-bond donors (Lipinski definition) is 2. The predicted molar refractivity (Wildman–Crippen MR) is 132 cm³/mol. The zero-order chi connectivity index (χ0) is 22.4. The lowest BCUT2D eigenvalue weighted by Crippen LogP contribution is -2.48.